The predicted molar refractivity (Wildman–Crippen MR) is 121 cm³/mol. The van der Waals surface area contributed by atoms with E-state index in [2.05, 4.69) is 5.32 Å². The van der Waals surface area contributed by atoms with Gasteiger partial charge in [0.15, 0.2) is 11.4 Å². The lowest BCUT2D eigenvalue weighted by Gasteiger charge is -2.50. The molecule has 1 aromatic rings. The number of amides is 1. The Labute approximate surface area is 200 Å². The smallest absolute Gasteiger partial charge is 0.255 e. The topological polar surface area (TPSA) is 183 Å². The molecule has 1 amide bonds. The largest absolute Gasteiger partial charge is 0.508 e. The molecule has 1 fully saturated rings. The number of nitrogens with one attached hydrogen (secondary N) is 1. The number of carbonyl (C=O) groups is 3. The number of hydrogen-bond donors (Lipinski definition) is 6. The highest BCUT2D eigenvalue weighted by Gasteiger charge is 2.64. The fourth-order valence-corrected chi connectivity index (χ4v) is 6.39. The number of fused-ring (bicyclic) bond motifs is 4. The Kier molecular flexibility index (Phi) is 5.03. The van der Waals surface area contributed by atoms with Crippen LogP contribution in [0.4, 0.5) is 0 Å². The summed E-state index contributed by atoms with van der Waals surface area (Å²) in [6.07, 6.45) is 0.226. The number of aromatic hydroxyl groups is 1. The van der Waals surface area contributed by atoms with Gasteiger partial charge in [-0.25, -0.2) is 0 Å². The summed E-state index contributed by atoms with van der Waals surface area (Å²) >= 11 is 0. The fourth-order valence-electron chi connectivity index (χ4n) is 6.39. The Bertz CT molecular complexity index is 1280. The Morgan fingerprint density at radius 1 is 1.14 bits per heavy atom. The molecule has 4 aliphatic rings. The number of phenols is 1. The number of Topliss-reactive ketones (excluding diaryl/α,β-unsaturated/α-hetero) is 2. The van der Waals surface area contributed by atoms with E-state index < -0.39 is 58.0 Å². The van der Waals surface area contributed by atoms with Crippen LogP contribution in [-0.4, -0.2) is 75.6 Å². The van der Waals surface area contributed by atoms with Crippen molar-refractivity contribution in [3.63, 3.8) is 0 Å². The number of hydrogen-bond acceptors (Lipinski definition) is 10. The van der Waals surface area contributed by atoms with Gasteiger partial charge in [-0.1, -0.05) is 0 Å². The second kappa shape index (κ2) is 7.54. The first kappa shape index (κ1) is 23.3. The van der Waals surface area contributed by atoms with Gasteiger partial charge in [0.05, 0.1) is 18.7 Å². The van der Waals surface area contributed by atoms with Crippen molar-refractivity contribution in [1.82, 2.24) is 10.2 Å². The number of benzene rings is 1. The van der Waals surface area contributed by atoms with E-state index in [1.54, 1.807) is 14.1 Å². The van der Waals surface area contributed by atoms with Gasteiger partial charge in [0.1, 0.15) is 28.6 Å². The third kappa shape index (κ3) is 2.79. The normalized spacial score (nSPS) is 29.7. The van der Waals surface area contributed by atoms with Gasteiger partial charge in [0, 0.05) is 41.3 Å². The monoisotopic (exact) mass is 485 g/mol. The van der Waals surface area contributed by atoms with Crippen LogP contribution in [0, 0.1) is 11.8 Å². The van der Waals surface area contributed by atoms with Crippen LogP contribution in [0.25, 0.3) is 5.76 Å². The number of aliphatic hydroxyl groups is 3. The van der Waals surface area contributed by atoms with Crippen molar-refractivity contribution >= 4 is 23.2 Å². The number of primary amides is 1. The summed E-state index contributed by atoms with van der Waals surface area (Å²) in [6, 6.07) is -1.12. The average molecular weight is 485 g/mol. The maximum Gasteiger partial charge on any atom is 0.255 e. The highest BCUT2D eigenvalue weighted by atomic mass is 16.5. The number of nitrogens with two attached hydrogens (primary N) is 1. The third-order valence-corrected chi connectivity index (χ3v) is 7.86. The van der Waals surface area contributed by atoms with Crippen LogP contribution < -0.4 is 15.8 Å². The molecule has 3 aliphatic carbocycles. The molecule has 0 saturated heterocycles. The van der Waals surface area contributed by atoms with Crippen LogP contribution in [-0.2, 0) is 33.9 Å². The van der Waals surface area contributed by atoms with Crippen molar-refractivity contribution < 1.29 is 39.5 Å². The molecule has 11 nitrogen and oxygen atoms in total. The van der Waals surface area contributed by atoms with E-state index in [-0.39, 0.29) is 29.7 Å². The van der Waals surface area contributed by atoms with Gasteiger partial charge in [-0.2, -0.15) is 0 Å². The number of ether oxygens (including phenoxy) is 1. The summed E-state index contributed by atoms with van der Waals surface area (Å²) in [5.41, 5.74) is 3.54. The van der Waals surface area contributed by atoms with Gasteiger partial charge in [-0.05, 0) is 32.9 Å². The molecule has 11 heteroatoms. The molecular weight excluding hydrogens is 458 g/mol. The quantitative estimate of drug-likeness (QED) is 0.307. The van der Waals surface area contributed by atoms with Crippen LogP contribution in [0.15, 0.2) is 16.9 Å². The molecule has 186 valence electrons. The number of ketones is 2. The SMILES string of the molecule is COc1c2c(c(O)c3c1C[C@H]1C[C@H]4[C@H](N(C)C)C(=O)C(C(N)=O)=C(O)[C@@]4(O)C(=O)C1=C3O)CNC2. The van der Waals surface area contributed by atoms with E-state index in [0.717, 1.165) is 5.56 Å². The number of methoxy groups -OCH3 is 1. The number of likely N-dealkylation sites (N-methyl/N-ethyl adjacent to an activating group) is 1. The van der Waals surface area contributed by atoms with Gasteiger partial charge < -0.3 is 36.2 Å². The zero-order valence-electron chi connectivity index (χ0n) is 19.5. The summed E-state index contributed by atoms with van der Waals surface area (Å²) in [4.78, 5) is 40.4. The maximum absolute atomic E-state index is 13.8. The minimum atomic E-state index is -2.65. The van der Waals surface area contributed by atoms with Gasteiger partial charge in [-0.3, -0.25) is 19.3 Å². The van der Waals surface area contributed by atoms with Crippen LogP contribution >= 0.6 is 0 Å². The van der Waals surface area contributed by atoms with Crippen molar-refractivity contribution in [2.45, 2.75) is 37.6 Å². The van der Waals surface area contributed by atoms with Crippen molar-refractivity contribution in [2.75, 3.05) is 21.2 Å². The lowest BCUT2D eigenvalue weighted by molar-refractivity contribution is -0.153. The predicted octanol–water partition coefficient (Wildman–Crippen LogP) is -0.424. The molecule has 7 N–H and O–H groups in total. The van der Waals surface area contributed by atoms with E-state index in [1.165, 1.54) is 12.0 Å². The van der Waals surface area contributed by atoms with Crippen LogP contribution in [0.3, 0.4) is 0 Å². The lowest BCUT2D eigenvalue weighted by Crippen LogP contribution is -2.65. The van der Waals surface area contributed by atoms with Gasteiger partial charge in [0.2, 0.25) is 5.78 Å². The number of aliphatic hydroxyl groups excluding tert-OH is 2. The van der Waals surface area contributed by atoms with Gasteiger partial charge >= 0.3 is 0 Å². The van der Waals surface area contributed by atoms with Crippen LogP contribution in [0.2, 0.25) is 0 Å². The van der Waals surface area contributed by atoms with E-state index in [1.807, 2.05) is 0 Å². The molecule has 35 heavy (non-hydrogen) atoms. The number of nitrogens with zero attached hydrogens (tertiary/aromatic N) is 1. The Morgan fingerprint density at radius 2 is 1.80 bits per heavy atom. The second-order valence-electron chi connectivity index (χ2n) is 9.76. The Hall–Kier alpha value is -3.41. The van der Waals surface area contributed by atoms with Crippen LogP contribution in [0.5, 0.6) is 11.5 Å². The molecule has 5 rings (SSSR count). The van der Waals surface area contributed by atoms with E-state index in [0.29, 0.717) is 30.0 Å². The maximum atomic E-state index is 13.8. The van der Waals surface area contributed by atoms with Crippen molar-refractivity contribution in [2.24, 2.45) is 17.6 Å². The molecular formula is C24H27N3O8. The number of phenolic OH excluding ortho intramolecular Hbond substituents is 1. The second-order valence-corrected chi connectivity index (χ2v) is 9.76. The zero-order chi connectivity index (χ0) is 25.6. The number of rotatable bonds is 3. The summed E-state index contributed by atoms with van der Waals surface area (Å²) in [6.45, 7) is 0.809. The molecule has 0 radical (unpaired) electrons. The summed E-state index contributed by atoms with van der Waals surface area (Å²) in [5.74, 6) is -6.15. The molecule has 0 unspecified atom stereocenters. The molecule has 0 aromatic heterocycles. The van der Waals surface area contributed by atoms with Crippen LogP contribution in [0.1, 0.15) is 28.7 Å². The molecule has 1 saturated carbocycles. The van der Waals surface area contributed by atoms with Crippen molar-refractivity contribution in [3.8, 4) is 11.5 Å². The molecule has 0 bridgehead atoms. The lowest BCUT2D eigenvalue weighted by atomic mass is 9.57. The van der Waals surface area contributed by atoms with E-state index in [4.69, 9.17) is 10.5 Å². The molecule has 1 aromatic carbocycles. The highest BCUT2D eigenvalue weighted by Crippen LogP contribution is 2.55. The molecule has 4 atom stereocenters. The minimum absolute atomic E-state index is 0.0328. The van der Waals surface area contributed by atoms with Crippen molar-refractivity contribution in [3.05, 3.63) is 39.2 Å². The molecule has 0 spiro atoms. The van der Waals surface area contributed by atoms with Crippen molar-refractivity contribution in [1.29, 1.82) is 0 Å². The minimum Gasteiger partial charge on any atom is -0.508 e. The summed E-state index contributed by atoms with van der Waals surface area (Å²) < 4.78 is 5.65. The van der Waals surface area contributed by atoms with Gasteiger partial charge in [-0.15, -0.1) is 0 Å². The standard InChI is InChI=1S/C24H27N3O8/c1-27(2)16-12-5-8-4-9-14(17(28)10-6-26-7-11(10)20(9)35-3)18(29)13(8)21(31)24(12,34)22(32)15(19(16)30)23(25)33/h8,12,16,26,28-29,32,34H,4-7H2,1-3H3,(H2,25,33)/t8-,12-,16-,24-/m0/s1. The Balaban J connectivity index is 1.77. The summed E-state index contributed by atoms with van der Waals surface area (Å²) in [7, 11) is 4.61. The molecule has 1 heterocycles. The number of carbonyl (C=O) groups excluding carboxylic acids is 3. The molecule has 1 aliphatic heterocycles. The first-order valence-corrected chi connectivity index (χ1v) is 11.3. The fraction of sp³-hybridized carbons (Fsp3) is 0.458. The Morgan fingerprint density at radius 3 is 2.40 bits per heavy atom. The average Bonchev–Trinajstić information content (AvgIpc) is 3.26. The summed E-state index contributed by atoms with van der Waals surface area (Å²) in [5, 5.41) is 47.9. The third-order valence-electron chi connectivity index (χ3n) is 7.86. The first-order valence-electron chi connectivity index (χ1n) is 11.3. The highest BCUT2D eigenvalue weighted by molar-refractivity contribution is 6.24. The van der Waals surface area contributed by atoms with Gasteiger partial charge in [0.25, 0.3) is 5.91 Å². The first-order chi connectivity index (χ1) is 16.5. The van der Waals surface area contributed by atoms with E-state index in [9.17, 15) is 34.8 Å². The van der Waals surface area contributed by atoms with E-state index >= 15 is 0 Å². The zero-order valence-corrected chi connectivity index (χ0v) is 19.5.